The van der Waals surface area contributed by atoms with Gasteiger partial charge in [0.1, 0.15) is 11.4 Å². The first-order valence-electron chi connectivity index (χ1n) is 7.68. The van der Waals surface area contributed by atoms with E-state index in [-0.39, 0.29) is 13.0 Å². The monoisotopic (exact) mass is 320 g/mol. The Morgan fingerprint density at radius 2 is 2.17 bits per heavy atom. The van der Waals surface area contributed by atoms with Gasteiger partial charge in [0, 0.05) is 19.3 Å². The van der Waals surface area contributed by atoms with Gasteiger partial charge < -0.3 is 14.2 Å². The number of nitrogens with zero attached hydrogens (tertiary/aromatic N) is 4. The van der Waals surface area contributed by atoms with Crippen LogP contribution in [0.4, 0.5) is 5.82 Å². The summed E-state index contributed by atoms with van der Waals surface area (Å²) in [6.45, 7) is 4.81. The van der Waals surface area contributed by atoms with Crippen molar-refractivity contribution in [2.75, 3.05) is 38.1 Å². The number of hydrogen-bond donors (Lipinski definition) is 0. The summed E-state index contributed by atoms with van der Waals surface area (Å²) in [4.78, 5) is 35.0. The number of aromatic nitrogens is 2. The normalized spacial score (nSPS) is 14.0. The molecule has 1 aliphatic heterocycles. The summed E-state index contributed by atoms with van der Waals surface area (Å²) in [5, 5.41) is 0. The van der Waals surface area contributed by atoms with Gasteiger partial charge >= 0.3 is 13.1 Å². The maximum atomic E-state index is 11.9. The number of rotatable bonds is 8. The molecule has 9 heteroatoms. The lowest BCUT2D eigenvalue weighted by molar-refractivity contribution is -0.137. The second-order valence-corrected chi connectivity index (χ2v) is 5.38. The third-order valence-corrected chi connectivity index (χ3v) is 3.67. The van der Waals surface area contributed by atoms with Crippen LogP contribution >= 0.6 is 0 Å². The van der Waals surface area contributed by atoms with E-state index in [1.165, 1.54) is 6.20 Å². The van der Waals surface area contributed by atoms with E-state index in [2.05, 4.69) is 14.9 Å². The number of carbonyl (C=O) groups excluding carboxylic acids is 2. The molecular formula is C14H21BN4O4. The Kier molecular flexibility index (Phi) is 6.34. The Bertz CT molecular complexity index is 539. The topological polar surface area (TPSA) is 84.9 Å². The molecule has 1 aromatic heterocycles. The molecule has 124 valence electrons. The van der Waals surface area contributed by atoms with Crippen LogP contribution in [-0.4, -0.2) is 67.7 Å². The third kappa shape index (κ3) is 4.92. The van der Waals surface area contributed by atoms with Crippen molar-refractivity contribution in [1.29, 1.82) is 0 Å². The Labute approximate surface area is 135 Å². The van der Waals surface area contributed by atoms with E-state index >= 15 is 0 Å². The van der Waals surface area contributed by atoms with E-state index < -0.39 is 13.1 Å². The predicted molar refractivity (Wildman–Crippen MR) is 85.3 cm³/mol. The molecule has 0 unspecified atom stereocenters. The van der Waals surface area contributed by atoms with Crippen LogP contribution in [0.1, 0.15) is 19.8 Å². The average Bonchev–Trinajstić information content (AvgIpc) is 3.09. The fourth-order valence-electron chi connectivity index (χ4n) is 2.28. The molecule has 1 saturated heterocycles. The highest BCUT2D eigenvalue weighted by Crippen LogP contribution is 2.15. The fourth-order valence-corrected chi connectivity index (χ4v) is 2.28. The van der Waals surface area contributed by atoms with E-state index in [1.54, 1.807) is 18.1 Å². The van der Waals surface area contributed by atoms with Crippen molar-refractivity contribution in [1.82, 2.24) is 14.9 Å². The molecule has 1 aromatic rings. The van der Waals surface area contributed by atoms with Crippen LogP contribution in [0.15, 0.2) is 12.4 Å². The molecule has 0 N–H and O–H groups in total. The summed E-state index contributed by atoms with van der Waals surface area (Å²) < 4.78 is 10.1. The lowest BCUT2D eigenvalue weighted by Gasteiger charge is -2.18. The van der Waals surface area contributed by atoms with Crippen molar-refractivity contribution in [3.05, 3.63) is 12.4 Å². The molecule has 0 spiro atoms. The highest BCUT2D eigenvalue weighted by Gasteiger charge is 2.31. The molecular weight excluding hydrogens is 299 g/mol. The van der Waals surface area contributed by atoms with Crippen molar-refractivity contribution < 1.29 is 18.9 Å². The first kappa shape index (κ1) is 17.2. The summed E-state index contributed by atoms with van der Waals surface area (Å²) >= 11 is 0. The van der Waals surface area contributed by atoms with Crippen molar-refractivity contribution in [3.8, 4) is 0 Å². The van der Waals surface area contributed by atoms with Gasteiger partial charge in [-0.05, 0) is 26.4 Å². The molecule has 0 atom stereocenters. The molecule has 0 bridgehead atoms. The summed E-state index contributed by atoms with van der Waals surface area (Å²) in [7, 11) is 0.616. The van der Waals surface area contributed by atoms with E-state index in [0.29, 0.717) is 18.0 Å². The van der Waals surface area contributed by atoms with Gasteiger partial charge in [0.2, 0.25) is 0 Å². The second kappa shape index (κ2) is 8.47. The van der Waals surface area contributed by atoms with Gasteiger partial charge in [0.05, 0.1) is 12.7 Å². The van der Waals surface area contributed by atoms with Gasteiger partial charge in [-0.25, -0.2) is 4.98 Å². The van der Waals surface area contributed by atoms with Crippen molar-refractivity contribution in [3.63, 3.8) is 0 Å². The zero-order valence-corrected chi connectivity index (χ0v) is 13.5. The van der Waals surface area contributed by atoms with Crippen LogP contribution < -0.4 is 10.5 Å². The predicted octanol–water partition coefficient (Wildman–Crippen LogP) is -0.560. The van der Waals surface area contributed by atoms with Gasteiger partial charge in [-0.1, -0.05) is 6.92 Å². The zero-order chi connectivity index (χ0) is 16.7. The smallest absolute Gasteiger partial charge is 0.497 e. The standard InChI is InChI=1S/C14H21BN4O4/c1-3-18(2)10-14(21)23-15(22-11-20)12-8-16-9-13(17-12)19-6-4-5-7-19/h8-9,11H,3-7,10H2,1-2H3. The largest absolute Gasteiger partial charge is 0.657 e. The van der Waals surface area contributed by atoms with E-state index in [1.807, 2.05) is 6.92 Å². The van der Waals surface area contributed by atoms with Gasteiger partial charge in [0.25, 0.3) is 6.47 Å². The Morgan fingerprint density at radius 1 is 1.43 bits per heavy atom. The summed E-state index contributed by atoms with van der Waals surface area (Å²) in [5.74, 6) is 0.204. The second-order valence-electron chi connectivity index (χ2n) is 5.38. The number of hydrogen-bond acceptors (Lipinski definition) is 8. The van der Waals surface area contributed by atoms with Crippen LogP contribution in [0, 0.1) is 0 Å². The minimum absolute atomic E-state index is 0.106. The van der Waals surface area contributed by atoms with Crippen LogP contribution in [0.2, 0.25) is 0 Å². The number of likely N-dealkylation sites (N-methyl/N-ethyl adjacent to an activating group) is 1. The molecule has 1 aliphatic rings. The quantitative estimate of drug-likeness (QED) is 0.465. The molecule has 0 amide bonds. The molecule has 0 aromatic carbocycles. The molecule has 0 radical (unpaired) electrons. The third-order valence-electron chi connectivity index (χ3n) is 3.67. The van der Waals surface area contributed by atoms with Crippen LogP contribution in [0.3, 0.4) is 0 Å². The maximum absolute atomic E-state index is 11.9. The van der Waals surface area contributed by atoms with Crippen LogP contribution in [0.5, 0.6) is 0 Å². The first-order chi connectivity index (χ1) is 11.1. The highest BCUT2D eigenvalue weighted by molar-refractivity contribution is 6.63. The lowest BCUT2D eigenvalue weighted by Crippen LogP contribution is -2.43. The molecule has 0 aliphatic carbocycles. The van der Waals surface area contributed by atoms with E-state index in [9.17, 15) is 9.59 Å². The average molecular weight is 320 g/mol. The van der Waals surface area contributed by atoms with Gasteiger partial charge in [-0.2, -0.15) is 0 Å². The summed E-state index contributed by atoms with van der Waals surface area (Å²) in [6.07, 6.45) is 5.31. The molecule has 2 heterocycles. The molecule has 23 heavy (non-hydrogen) atoms. The van der Waals surface area contributed by atoms with Crippen LogP contribution in [0.25, 0.3) is 0 Å². The minimum Gasteiger partial charge on any atom is -0.497 e. The lowest BCUT2D eigenvalue weighted by atomic mass is 9.85. The minimum atomic E-state index is -1.18. The number of anilines is 1. The van der Waals surface area contributed by atoms with Gasteiger partial charge in [-0.15, -0.1) is 0 Å². The van der Waals surface area contributed by atoms with Crippen molar-refractivity contribution in [2.45, 2.75) is 19.8 Å². The van der Waals surface area contributed by atoms with Gasteiger partial charge in [-0.3, -0.25) is 19.5 Å². The number of carbonyl (C=O) groups is 2. The Morgan fingerprint density at radius 3 is 2.83 bits per heavy atom. The Balaban J connectivity index is 2.08. The fraction of sp³-hybridized carbons (Fsp3) is 0.571. The highest BCUT2D eigenvalue weighted by atomic mass is 16.6. The SMILES string of the molecule is CCN(C)CC(=O)OB(OC=O)c1cncc(N2CCCC2)n1. The zero-order valence-electron chi connectivity index (χ0n) is 13.5. The Hall–Kier alpha value is -2.16. The van der Waals surface area contributed by atoms with Gasteiger partial charge in [0.15, 0.2) is 0 Å². The van der Waals surface area contributed by atoms with Crippen molar-refractivity contribution >= 4 is 31.0 Å². The van der Waals surface area contributed by atoms with Crippen molar-refractivity contribution in [2.24, 2.45) is 0 Å². The summed E-state index contributed by atoms with van der Waals surface area (Å²) in [6, 6.07) is 0. The molecule has 1 fully saturated rings. The van der Waals surface area contributed by atoms with Crippen LogP contribution in [-0.2, 0) is 18.9 Å². The molecule has 2 rings (SSSR count). The maximum Gasteiger partial charge on any atom is 0.657 e. The molecule has 8 nitrogen and oxygen atoms in total. The summed E-state index contributed by atoms with van der Waals surface area (Å²) in [5.41, 5.74) is 0.300. The van der Waals surface area contributed by atoms with E-state index in [0.717, 1.165) is 25.9 Å². The molecule has 0 saturated carbocycles. The van der Waals surface area contributed by atoms with E-state index in [4.69, 9.17) is 9.31 Å². The first-order valence-corrected chi connectivity index (χ1v) is 7.68.